The molecule has 0 saturated heterocycles. The van der Waals surface area contributed by atoms with Crippen molar-refractivity contribution in [2.45, 2.75) is 6.92 Å². The third kappa shape index (κ3) is 2.72. The van der Waals surface area contributed by atoms with Crippen LogP contribution in [0.4, 0.5) is 17.5 Å². The van der Waals surface area contributed by atoms with E-state index < -0.39 is 0 Å². The molecule has 2 heterocycles. The molecule has 0 radical (unpaired) electrons. The summed E-state index contributed by atoms with van der Waals surface area (Å²) in [4.78, 5) is 15.9. The average molecular weight is 323 g/mol. The first-order chi connectivity index (χ1) is 10.2. The summed E-state index contributed by atoms with van der Waals surface area (Å²) in [5, 5.41) is 7.23. The molecule has 0 saturated carbocycles. The number of H-pyrrole nitrogens is 1. The molecular formula is C13H12Cl2N6. The van der Waals surface area contributed by atoms with Gasteiger partial charge in [0.1, 0.15) is 5.52 Å². The maximum Gasteiger partial charge on any atom is 0.226 e. The first-order valence-electron chi connectivity index (χ1n) is 6.35. The van der Waals surface area contributed by atoms with E-state index in [1.54, 1.807) is 24.5 Å². The summed E-state index contributed by atoms with van der Waals surface area (Å²) in [6.07, 6.45) is 1.56. The van der Waals surface area contributed by atoms with Crippen molar-refractivity contribution in [1.29, 1.82) is 0 Å². The van der Waals surface area contributed by atoms with Gasteiger partial charge in [-0.2, -0.15) is 9.97 Å². The molecule has 0 bridgehead atoms. The van der Waals surface area contributed by atoms with Crippen LogP contribution in [0.25, 0.3) is 11.2 Å². The maximum absolute atomic E-state index is 6.17. The van der Waals surface area contributed by atoms with Crippen molar-refractivity contribution in [3.8, 4) is 0 Å². The van der Waals surface area contributed by atoms with Crippen molar-refractivity contribution in [2.75, 3.05) is 17.2 Å². The normalized spacial score (nSPS) is 10.8. The highest BCUT2D eigenvalue weighted by Crippen LogP contribution is 2.33. The standard InChI is InChI=1S/C13H12Cl2N6/c1-2-16-13-20-11-10(17-6-18-11)12(21-13)19-9-7(14)4-3-5-8(9)15/h3-6H,2H2,1H3,(H3,16,17,18,19,20,21). The number of aromatic nitrogens is 4. The van der Waals surface area contributed by atoms with Crippen LogP contribution in [-0.4, -0.2) is 26.5 Å². The van der Waals surface area contributed by atoms with Crippen molar-refractivity contribution >= 4 is 51.8 Å². The summed E-state index contributed by atoms with van der Waals surface area (Å²) < 4.78 is 0. The minimum absolute atomic E-state index is 0.489. The number of nitrogens with one attached hydrogen (secondary N) is 3. The smallest absolute Gasteiger partial charge is 0.226 e. The van der Waals surface area contributed by atoms with Gasteiger partial charge >= 0.3 is 0 Å². The number of imidazole rings is 1. The van der Waals surface area contributed by atoms with Crippen LogP contribution >= 0.6 is 23.2 Å². The summed E-state index contributed by atoms with van der Waals surface area (Å²) in [6, 6.07) is 5.30. The van der Waals surface area contributed by atoms with Crippen LogP contribution in [0.15, 0.2) is 24.5 Å². The quantitative estimate of drug-likeness (QED) is 0.680. The molecule has 0 fully saturated rings. The number of halogens is 2. The minimum Gasteiger partial charge on any atom is -0.354 e. The Labute approximate surface area is 130 Å². The van der Waals surface area contributed by atoms with E-state index in [2.05, 4.69) is 30.6 Å². The van der Waals surface area contributed by atoms with Crippen LogP contribution in [0, 0.1) is 0 Å². The van der Waals surface area contributed by atoms with Gasteiger partial charge in [-0.3, -0.25) is 0 Å². The highest BCUT2D eigenvalue weighted by Gasteiger charge is 2.13. The first kappa shape index (κ1) is 13.9. The zero-order valence-corrected chi connectivity index (χ0v) is 12.6. The number of fused-ring (bicyclic) bond motifs is 1. The molecule has 0 aliphatic heterocycles. The molecule has 0 unspecified atom stereocenters. The second kappa shape index (κ2) is 5.75. The van der Waals surface area contributed by atoms with Gasteiger partial charge in [0.25, 0.3) is 0 Å². The van der Waals surface area contributed by atoms with Crippen molar-refractivity contribution in [3.63, 3.8) is 0 Å². The zero-order chi connectivity index (χ0) is 14.8. The van der Waals surface area contributed by atoms with Gasteiger partial charge in [-0.1, -0.05) is 29.3 Å². The average Bonchev–Trinajstić information content (AvgIpc) is 2.92. The molecule has 3 rings (SSSR count). The molecular weight excluding hydrogens is 311 g/mol. The highest BCUT2D eigenvalue weighted by atomic mass is 35.5. The molecule has 3 N–H and O–H groups in total. The van der Waals surface area contributed by atoms with Crippen molar-refractivity contribution < 1.29 is 0 Å². The molecule has 3 aromatic rings. The molecule has 1 aromatic carbocycles. The molecule has 8 heteroatoms. The van der Waals surface area contributed by atoms with E-state index in [4.69, 9.17) is 23.2 Å². The summed E-state index contributed by atoms with van der Waals surface area (Å²) >= 11 is 12.3. The number of hydrogen-bond acceptors (Lipinski definition) is 5. The number of nitrogens with zero attached hydrogens (tertiary/aromatic N) is 3. The SMILES string of the molecule is CCNc1nc(Nc2c(Cl)cccc2Cl)c2[nH]cnc2n1. The van der Waals surface area contributed by atoms with Gasteiger partial charge in [0, 0.05) is 6.54 Å². The van der Waals surface area contributed by atoms with Crippen LogP contribution in [-0.2, 0) is 0 Å². The molecule has 0 aliphatic rings. The Morgan fingerprint density at radius 1 is 1.19 bits per heavy atom. The molecule has 0 spiro atoms. The Morgan fingerprint density at radius 2 is 1.95 bits per heavy atom. The van der Waals surface area contributed by atoms with Crippen LogP contribution in [0.3, 0.4) is 0 Å². The van der Waals surface area contributed by atoms with Crippen LogP contribution in [0.1, 0.15) is 6.92 Å². The Bertz CT molecular complexity index is 765. The van der Waals surface area contributed by atoms with E-state index in [1.165, 1.54) is 0 Å². The Morgan fingerprint density at radius 3 is 2.67 bits per heavy atom. The van der Waals surface area contributed by atoms with E-state index in [0.717, 1.165) is 0 Å². The molecule has 2 aromatic heterocycles. The van der Waals surface area contributed by atoms with Crippen LogP contribution < -0.4 is 10.6 Å². The largest absolute Gasteiger partial charge is 0.354 e. The minimum atomic E-state index is 0.489. The lowest BCUT2D eigenvalue weighted by Crippen LogP contribution is -2.05. The number of para-hydroxylation sites is 1. The second-order valence-electron chi connectivity index (χ2n) is 4.25. The third-order valence-corrected chi connectivity index (χ3v) is 3.46. The van der Waals surface area contributed by atoms with Crippen LogP contribution in [0.2, 0.25) is 10.0 Å². The predicted molar refractivity (Wildman–Crippen MR) is 85.6 cm³/mol. The summed E-state index contributed by atoms with van der Waals surface area (Å²) in [7, 11) is 0. The van der Waals surface area contributed by atoms with Gasteiger partial charge in [-0.15, -0.1) is 0 Å². The van der Waals surface area contributed by atoms with E-state index in [1.807, 2.05) is 6.92 Å². The Kier molecular flexibility index (Phi) is 3.81. The fourth-order valence-electron chi connectivity index (χ4n) is 1.90. The highest BCUT2D eigenvalue weighted by molar-refractivity contribution is 6.39. The molecule has 6 nitrogen and oxygen atoms in total. The maximum atomic E-state index is 6.17. The van der Waals surface area contributed by atoms with Gasteiger partial charge in [0.2, 0.25) is 5.95 Å². The topological polar surface area (TPSA) is 78.5 Å². The van der Waals surface area contributed by atoms with Gasteiger partial charge in [-0.25, -0.2) is 4.98 Å². The number of hydrogen-bond donors (Lipinski definition) is 3. The molecule has 0 amide bonds. The van der Waals surface area contributed by atoms with Crippen molar-refractivity contribution in [1.82, 2.24) is 19.9 Å². The van der Waals surface area contributed by atoms with Gasteiger partial charge < -0.3 is 15.6 Å². The lowest BCUT2D eigenvalue weighted by Gasteiger charge is -2.11. The zero-order valence-electron chi connectivity index (χ0n) is 11.1. The summed E-state index contributed by atoms with van der Waals surface area (Å²) in [5.74, 6) is 1.05. The predicted octanol–water partition coefficient (Wildman–Crippen LogP) is 3.84. The first-order valence-corrected chi connectivity index (χ1v) is 7.10. The molecule has 21 heavy (non-hydrogen) atoms. The van der Waals surface area contributed by atoms with E-state index in [-0.39, 0.29) is 0 Å². The number of aromatic amines is 1. The number of rotatable bonds is 4. The summed E-state index contributed by atoms with van der Waals surface area (Å²) in [6.45, 7) is 2.68. The monoisotopic (exact) mass is 322 g/mol. The van der Waals surface area contributed by atoms with Gasteiger partial charge in [0.05, 0.1) is 22.1 Å². The van der Waals surface area contributed by atoms with Gasteiger partial charge in [-0.05, 0) is 19.1 Å². The van der Waals surface area contributed by atoms with Crippen molar-refractivity contribution in [2.24, 2.45) is 0 Å². The van der Waals surface area contributed by atoms with Crippen molar-refractivity contribution in [3.05, 3.63) is 34.6 Å². The van der Waals surface area contributed by atoms with E-state index in [9.17, 15) is 0 Å². The Balaban J connectivity index is 2.09. The third-order valence-electron chi connectivity index (χ3n) is 2.83. The Hall–Kier alpha value is -2.05. The van der Waals surface area contributed by atoms with E-state index >= 15 is 0 Å². The lowest BCUT2D eigenvalue weighted by atomic mass is 10.3. The number of benzene rings is 1. The second-order valence-corrected chi connectivity index (χ2v) is 5.06. The number of anilines is 3. The summed E-state index contributed by atoms with van der Waals surface area (Å²) in [5.41, 5.74) is 1.84. The lowest BCUT2D eigenvalue weighted by molar-refractivity contribution is 1.10. The fourth-order valence-corrected chi connectivity index (χ4v) is 2.39. The van der Waals surface area contributed by atoms with Crippen LogP contribution in [0.5, 0.6) is 0 Å². The fraction of sp³-hybridized carbons (Fsp3) is 0.154. The molecule has 0 aliphatic carbocycles. The molecule has 108 valence electrons. The van der Waals surface area contributed by atoms with Gasteiger partial charge in [0.15, 0.2) is 11.5 Å². The van der Waals surface area contributed by atoms with E-state index in [0.29, 0.717) is 45.2 Å². The molecule has 0 atom stereocenters.